The van der Waals surface area contributed by atoms with Crippen LogP contribution in [-0.2, 0) is 0 Å². The molecule has 0 fully saturated rings. The van der Waals surface area contributed by atoms with E-state index in [9.17, 15) is 0 Å². The lowest BCUT2D eigenvalue weighted by Crippen LogP contribution is -1.78. The van der Waals surface area contributed by atoms with E-state index in [0.717, 1.165) is 5.75 Å². The van der Waals surface area contributed by atoms with Crippen LogP contribution in [0.3, 0.4) is 0 Å². The fraction of sp³-hybridized carbons (Fsp3) is 0.200. The monoisotopic (exact) mass is 232 g/mol. The summed E-state index contributed by atoms with van der Waals surface area (Å²) in [6, 6.07) is 18.4. The first-order chi connectivity index (χ1) is 8.33. The van der Waals surface area contributed by atoms with E-state index in [0.29, 0.717) is 5.75 Å². The molecular weight excluding hydrogens is 212 g/mol. The van der Waals surface area contributed by atoms with Crippen molar-refractivity contribution < 1.29 is 9.84 Å². The lowest BCUT2D eigenvalue weighted by molar-refractivity contribution is 0.415. The fourth-order valence-corrected chi connectivity index (χ4v) is 0.985. The summed E-state index contributed by atoms with van der Waals surface area (Å²) in [6.07, 6.45) is 0. The van der Waals surface area contributed by atoms with Gasteiger partial charge >= 0.3 is 0 Å². The van der Waals surface area contributed by atoms with Crippen molar-refractivity contribution in [3.05, 3.63) is 60.7 Å². The maximum Gasteiger partial charge on any atom is 0.118 e. The molecule has 92 valence electrons. The molecule has 0 saturated carbocycles. The standard InChI is InChI=1S/C7H8O.C6H6O.C2H6/c1-8-7-5-3-2-4-6-7;7-6-4-2-1-3-5-6;1-2/h2-6H,1H3;1-5,7H;1-2H3. The third-order valence-corrected chi connectivity index (χ3v) is 1.74. The summed E-state index contributed by atoms with van der Waals surface area (Å²) in [6.45, 7) is 4.00. The third kappa shape index (κ3) is 7.91. The Hall–Kier alpha value is -1.96. The third-order valence-electron chi connectivity index (χ3n) is 1.74. The maximum absolute atomic E-state index is 8.63. The number of hydrogen-bond acceptors (Lipinski definition) is 2. The van der Waals surface area contributed by atoms with Gasteiger partial charge in [0.15, 0.2) is 0 Å². The summed E-state index contributed by atoms with van der Waals surface area (Å²) in [5.74, 6) is 1.23. The average Bonchev–Trinajstić information content (AvgIpc) is 2.43. The van der Waals surface area contributed by atoms with E-state index in [1.807, 2.05) is 50.2 Å². The minimum absolute atomic E-state index is 0.322. The van der Waals surface area contributed by atoms with Crippen molar-refractivity contribution in [1.82, 2.24) is 0 Å². The maximum atomic E-state index is 8.63. The van der Waals surface area contributed by atoms with Crippen LogP contribution in [0.5, 0.6) is 11.5 Å². The highest BCUT2D eigenvalue weighted by Crippen LogP contribution is 2.05. The van der Waals surface area contributed by atoms with Crippen LogP contribution >= 0.6 is 0 Å². The first-order valence-corrected chi connectivity index (χ1v) is 5.66. The molecule has 0 aliphatic heterocycles. The molecule has 0 spiro atoms. The molecule has 2 aromatic carbocycles. The van der Waals surface area contributed by atoms with E-state index in [2.05, 4.69) is 0 Å². The van der Waals surface area contributed by atoms with Crippen molar-refractivity contribution in [1.29, 1.82) is 0 Å². The van der Waals surface area contributed by atoms with E-state index in [1.165, 1.54) is 0 Å². The molecule has 1 N–H and O–H groups in total. The van der Waals surface area contributed by atoms with Crippen LogP contribution in [0, 0.1) is 0 Å². The van der Waals surface area contributed by atoms with Crippen LogP contribution in [-0.4, -0.2) is 12.2 Å². The molecule has 0 saturated heterocycles. The SMILES string of the molecule is CC.COc1ccccc1.Oc1ccccc1. The van der Waals surface area contributed by atoms with Gasteiger partial charge in [-0.15, -0.1) is 0 Å². The molecule has 0 heterocycles. The number of phenolic OH excluding ortho intramolecular Hbond substituents is 1. The first kappa shape index (κ1) is 15.0. The Morgan fingerprint density at radius 1 is 0.765 bits per heavy atom. The van der Waals surface area contributed by atoms with Crippen LogP contribution in [0.1, 0.15) is 13.8 Å². The summed E-state index contributed by atoms with van der Waals surface area (Å²) in [5, 5.41) is 8.63. The predicted octanol–water partition coefficient (Wildman–Crippen LogP) is 4.11. The quantitative estimate of drug-likeness (QED) is 0.801. The Morgan fingerprint density at radius 3 is 1.41 bits per heavy atom. The van der Waals surface area contributed by atoms with Crippen LogP contribution in [0.15, 0.2) is 60.7 Å². The molecule has 0 amide bonds. The van der Waals surface area contributed by atoms with Gasteiger partial charge in [-0.05, 0) is 24.3 Å². The molecule has 2 heteroatoms. The Bertz CT molecular complexity index is 357. The highest BCUT2D eigenvalue weighted by Gasteiger charge is 1.80. The summed E-state index contributed by atoms with van der Waals surface area (Å²) in [7, 11) is 1.66. The van der Waals surface area contributed by atoms with E-state index in [1.54, 1.807) is 31.4 Å². The molecule has 2 aromatic rings. The molecule has 0 atom stereocenters. The van der Waals surface area contributed by atoms with Gasteiger partial charge < -0.3 is 9.84 Å². The second-order valence-electron chi connectivity index (χ2n) is 2.85. The molecule has 0 unspecified atom stereocenters. The normalized spacial score (nSPS) is 7.94. The van der Waals surface area contributed by atoms with Crippen molar-refractivity contribution in [2.75, 3.05) is 7.11 Å². The molecule has 0 aromatic heterocycles. The highest BCUT2D eigenvalue weighted by atomic mass is 16.5. The van der Waals surface area contributed by atoms with Gasteiger partial charge in [-0.25, -0.2) is 0 Å². The summed E-state index contributed by atoms with van der Waals surface area (Å²) >= 11 is 0. The minimum atomic E-state index is 0.322. The largest absolute Gasteiger partial charge is 0.508 e. The zero-order valence-electron chi connectivity index (χ0n) is 10.6. The van der Waals surface area contributed by atoms with E-state index < -0.39 is 0 Å². The number of para-hydroxylation sites is 2. The summed E-state index contributed by atoms with van der Waals surface area (Å²) in [4.78, 5) is 0. The number of hydrogen-bond donors (Lipinski definition) is 1. The Morgan fingerprint density at radius 2 is 1.18 bits per heavy atom. The molecule has 2 rings (SSSR count). The van der Waals surface area contributed by atoms with Crippen LogP contribution in [0.25, 0.3) is 0 Å². The Balaban J connectivity index is 0.000000265. The zero-order chi connectivity index (χ0) is 12.9. The second kappa shape index (κ2) is 10.6. The summed E-state index contributed by atoms with van der Waals surface area (Å²) in [5.41, 5.74) is 0. The lowest BCUT2D eigenvalue weighted by Gasteiger charge is -1.93. The highest BCUT2D eigenvalue weighted by molar-refractivity contribution is 5.20. The number of phenols is 1. The van der Waals surface area contributed by atoms with Gasteiger partial charge in [-0.2, -0.15) is 0 Å². The molecular formula is C15H20O2. The van der Waals surface area contributed by atoms with Gasteiger partial charge in [0, 0.05) is 0 Å². The topological polar surface area (TPSA) is 29.5 Å². The molecule has 0 bridgehead atoms. The van der Waals surface area contributed by atoms with Crippen LogP contribution in [0.2, 0.25) is 0 Å². The van der Waals surface area contributed by atoms with Crippen molar-refractivity contribution in [2.45, 2.75) is 13.8 Å². The summed E-state index contributed by atoms with van der Waals surface area (Å²) < 4.78 is 4.91. The Kier molecular flexibility index (Phi) is 9.34. The van der Waals surface area contributed by atoms with Crippen molar-refractivity contribution in [2.24, 2.45) is 0 Å². The molecule has 0 radical (unpaired) electrons. The second-order valence-corrected chi connectivity index (χ2v) is 2.85. The average molecular weight is 232 g/mol. The lowest BCUT2D eigenvalue weighted by atomic mass is 10.3. The molecule has 0 aliphatic rings. The number of benzene rings is 2. The number of methoxy groups -OCH3 is 1. The van der Waals surface area contributed by atoms with Crippen LogP contribution < -0.4 is 4.74 Å². The van der Waals surface area contributed by atoms with Gasteiger partial charge in [0.1, 0.15) is 11.5 Å². The van der Waals surface area contributed by atoms with Crippen molar-refractivity contribution in [3.8, 4) is 11.5 Å². The van der Waals surface area contributed by atoms with Gasteiger partial charge in [0.25, 0.3) is 0 Å². The number of rotatable bonds is 1. The Labute approximate surface area is 104 Å². The van der Waals surface area contributed by atoms with Gasteiger partial charge in [-0.3, -0.25) is 0 Å². The molecule has 0 aliphatic carbocycles. The fourth-order valence-electron chi connectivity index (χ4n) is 0.985. The number of aromatic hydroxyl groups is 1. The van der Waals surface area contributed by atoms with E-state index in [-0.39, 0.29) is 0 Å². The molecule has 17 heavy (non-hydrogen) atoms. The van der Waals surface area contributed by atoms with Crippen molar-refractivity contribution >= 4 is 0 Å². The number of ether oxygens (including phenoxy) is 1. The smallest absolute Gasteiger partial charge is 0.118 e. The first-order valence-electron chi connectivity index (χ1n) is 5.66. The van der Waals surface area contributed by atoms with E-state index in [4.69, 9.17) is 9.84 Å². The van der Waals surface area contributed by atoms with Gasteiger partial charge in [0.2, 0.25) is 0 Å². The predicted molar refractivity (Wildman–Crippen MR) is 72.4 cm³/mol. The minimum Gasteiger partial charge on any atom is -0.508 e. The molecule has 2 nitrogen and oxygen atoms in total. The van der Waals surface area contributed by atoms with E-state index >= 15 is 0 Å². The van der Waals surface area contributed by atoms with Gasteiger partial charge in [-0.1, -0.05) is 50.2 Å². The zero-order valence-corrected chi connectivity index (χ0v) is 10.6. The van der Waals surface area contributed by atoms with Crippen LogP contribution in [0.4, 0.5) is 0 Å². The van der Waals surface area contributed by atoms with Crippen molar-refractivity contribution in [3.63, 3.8) is 0 Å². The van der Waals surface area contributed by atoms with Gasteiger partial charge in [0.05, 0.1) is 7.11 Å².